The van der Waals surface area contributed by atoms with Gasteiger partial charge in [-0.15, -0.1) is 0 Å². The molecule has 304 valence electrons. The lowest BCUT2D eigenvalue weighted by molar-refractivity contribution is 0.275. The lowest BCUT2D eigenvalue weighted by Gasteiger charge is -2.22. The zero-order valence-corrected chi connectivity index (χ0v) is 35.6. The van der Waals surface area contributed by atoms with Gasteiger partial charge in [0.05, 0.1) is 0 Å². The third kappa shape index (κ3) is 24.2. The van der Waals surface area contributed by atoms with Gasteiger partial charge in [0.25, 0.3) is 0 Å². The molecule has 0 fully saturated rings. The molecular weight excluding hydrogens is 714 g/mol. The van der Waals surface area contributed by atoms with Crippen LogP contribution in [-0.2, 0) is 23.8 Å². The van der Waals surface area contributed by atoms with Gasteiger partial charge in [0.15, 0.2) is 0 Å². The maximum absolute atomic E-state index is 8.88. The van der Waals surface area contributed by atoms with Gasteiger partial charge in [-0.05, 0) is 73.4 Å². The molecule has 3 N–H and O–H groups in total. The first-order chi connectivity index (χ1) is 26.2. The number of unbranched alkanes of at least 4 members (excludes halogenated alkanes) is 18. The third-order valence-corrected chi connectivity index (χ3v) is 10.6. The second-order valence-corrected chi connectivity index (χ2v) is 16.5. The van der Waals surface area contributed by atoms with Crippen molar-refractivity contribution in [2.24, 2.45) is 0 Å². The first-order valence-corrected chi connectivity index (χ1v) is 23.8. The van der Waals surface area contributed by atoms with E-state index in [1.807, 2.05) is 0 Å². The first kappa shape index (κ1) is 47.8. The van der Waals surface area contributed by atoms with Gasteiger partial charge in [-0.2, -0.15) is 0 Å². The zero-order valence-electron chi connectivity index (χ0n) is 33.8. The number of hydrogen-bond donors (Lipinski definition) is 3. The van der Waals surface area contributed by atoms with Crippen LogP contribution in [0.5, 0.6) is 17.2 Å². The summed E-state index contributed by atoms with van der Waals surface area (Å²) >= 11 is 0. The van der Waals surface area contributed by atoms with E-state index in [4.69, 9.17) is 32.8 Å². The highest BCUT2D eigenvalue weighted by atomic mass is 31.2. The van der Waals surface area contributed by atoms with E-state index in [1.54, 1.807) is 0 Å². The summed E-state index contributed by atoms with van der Waals surface area (Å²) in [5.41, 5.74) is 3.72. The minimum atomic E-state index is -4.64. The van der Waals surface area contributed by atoms with Crippen LogP contribution in [0.1, 0.15) is 172 Å². The predicted molar refractivity (Wildman–Crippen MR) is 227 cm³/mol. The Morgan fingerprint density at radius 1 is 0.407 bits per heavy atom. The van der Waals surface area contributed by atoms with Crippen LogP contribution in [0, 0.1) is 0 Å². The van der Waals surface area contributed by atoms with E-state index in [1.165, 1.54) is 152 Å². The first-order valence-electron chi connectivity index (χ1n) is 21.1. The fourth-order valence-electron chi connectivity index (χ4n) is 6.51. The van der Waals surface area contributed by atoms with E-state index in [9.17, 15) is 0 Å². The van der Waals surface area contributed by atoms with Crippen LogP contribution in [-0.4, -0.2) is 14.7 Å². The Labute approximate surface area is 329 Å². The van der Waals surface area contributed by atoms with E-state index >= 15 is 0 Å². The summed E-state index contributed by atoms with van der Waals surface area (Å²) in [6.45, 7) is 6.84. The molecule has 0 amide bonds. The van der Waals surface area contributed by atoms with E-state index < -0.39 is 16.4 Å². The van der Waals surface area contributed by atoms with Crippen molar-refractivity contribution >= 4 is 16.4 Å². The lowest BCUT2D eigenvalue weighted by atomic mass is 10.0. The van der Waals surface area contributed by atoms with Crippen LogP contribution in [0.2, 0.25) is 0 Å². The molecule has 7 nitrogen and oxygen atoms in total. The molecule has 0 aliphatic rings. The molecule has 0 aliphatic heterocycles. The molecule has 0 heterocycles. The molecule has 3 aromatic rings. The van der Waals surface area contributed by atoms with Crippen LogP contribution in [0.15, 0.2) is 72.8 Å². The normalized spacial score (nSPS) is 11.3. The minimum absolute atomic E-state index is 0.883. The monoisotopic (exact) mass is 786 g/mol. The Balaban J connectivity index is 0.00000188. The largest absolute Gasteiger partial charge is 0.530 e. The molecule has 3 aromatic carbocycles. The van der Waals surface area contributed by atoms with Crippen molar-refractivity contribution in [3.8, 4) is 17.2 Å². The fourth-order valence-corrected chi connectivity index (χ4v) is 7.64. The minimum Gasteiger partial charge on any atom is -0.408 e. The van der Waals surface area contributed by atoms with Crippen molar-refractivity contribution in [2.45, 2.75) is 175 Å². The van der Waals surface area contributed by atoms with Crippen LogP contribution >= 0.6 is 16.4 Å². The number of para-hydroxylation sites is 3. The highest BCUT2D eigenvalue weighted by Gasteiger charge is 2.24. The van der Waals surface area contributed by atoms with E-state index in [0.29, 0.717) is 0 Å². The van der Waals surface area contributed by atoms with Crippen molar-refractivity contribution in [1.29, 1.82) is 0 Å². The number of aryl methyl sites for hydroxylation is 3. The Hall–Kier alpha value is -2.40. The van der Waals surface area contributed by atoms with Crippen molar-refractivity contribution in [3.63, 3.8) is 0 Å². The number of benzene rings is 3. The van der Waals surface area contributed by atoms with E-state index in [0.717, 1.165) is 36.5 Å². The second kappa shape index (κ2) is 30.8. The Morgan fingerprint density at radius 2 is 0.630 bits per heavy atom. The molecule has 3 rings (SSSR count). The number of phosphoric acid groups is 1. The van der Waals surface area contributed by atoms with Crippen LogP contribution < -0.4 is 13.6 Å². The lowest BCUT2D eigenvalue weighted by Crippen LogP contribution is -2.06. The summed E-state index contributed by atoms with van der Waals surface area (Å²) in [4.78, 5) is 21.6. The summed E-state index contributed by atoms with van der Waals surface area (Å²) in [6, 6.07) is 25.5. The third-order valence-electron chi connectivity index (χ3n) is 9.59. The average Bonchev–Trinajstić information content (AvgIpc) is 3.15. The Morgan fingerprint density at radius 3 is 0.889 bits per heavy atom. The average molecular weight is 787 g/mol. The van der Waals surface area contributed by atoms with Crippen molar-refractivity contribution in [2.75, 3.05) is 0 Å². The zero-order chi connectivity index (χ0) is 39.1. The van der Waals surface area contributed by atoms with Gasteiger partial charge >= 0.3 is 16.4 Å². The van der Waals surface area contributed by atoms with Crippen molar-refractivity contribution in [1.82, 2.24) is 0 Å². The highest BCUT2D eigenvalue weighted by Crippen LogP contribution is 2.45. The molecular formula is C45H72O7P2. The molecule has 0 bridgehead atoms. The fraction of sp³-hybridized carbons (Fsp3) is 0.600. The quantitative estimate of drug-likeness (QED) is 0.0456. The Bertz CT molecular complexity index is 1240. The molecule has 0 aliphatic carbocycles. The maximum atomic E-state index is 8.88. The van der Waals surface area contributed by atoms with Crippen molar-refractivity contribution in [3.05, 3.63) is 89.5 Å². The van der Waals surface area contributed by atoms with Gasteiger partial charge < -0.3 is 28.3 Å². The standard InChI is InChI=1S/C45H69O3P.H3O4P/c1-4-7-10-13-16-19-22-31-40-34-25-28-37-43(40)46-49(47-44-38-29-26-35-41(44)32-23-20-17-14-11-8-5-2)48-45-39-30-27-36-42(45)33-24-21-18-15-12-9-6-3;1-5(2,3)4/h25-30,34-39H,4-24,31-33H2,1-3H3;(H3,1,2,3,4). The van der Waals surface area contributed by atoms with Crippen LogP contribution in [0.25, 0.3) is 0 Å². The molecule has 9 heteroatoms. The summed E-state index contributed by atoms with van der Waals surface area (Å²) in [5, 5.41) is 0. The van der Waals surface area contributed by atoms with Gasteiger partial charge in [-0.1, -0.05) is 191 Å². The summed E-state index contributed by atoms with van der Waals surface area (Å²) in [5.74, 6) is 2.65. The van der Waals surface area contributed by atoms with Gasteiger partial charge in [0.1, 0.15) is 17.2 Å². The van der Waals surface area contributed by atoms with Gasteiger partial charge in [0, 0.05) is 0 Å². The molecule has 0 saturated heterocycles. The van der Waals surface area contributed by atoms with E-state index in [-0.39, 0.29) is 0 Å². The van der Waals surface area contributed by atoms with E-state index in [2.05, 4.69) is 93.6 Å². The molecule has 0 radical (unpaired) electrons. The second-order valence-electron chi connectivity index (χ2n) is 14.4. The van der Waals surface area contributed by atoms with Gasteiger partial charge in [0.2, 0.25) is 0 Å². The summed E-state index contributed by atoms with van der Waals surface area (Å²) in [6.07, 6.45) is 30.3. The molecule has 0 unspecified atom stereocenters. The smallest absolute Gasteiger partial charge is 0.408 e. The Kier molecular flexibility index (Phi) is 27.2. The molecule has 0 spiro atoms. The number of rotatable bonds is 30. The van der Waals surface area contributed by atoms with Crippen LogP contribution in [0.3, 0.4) is 0 Å². The van der Waals surface area contributed by atoms with Gasteiger partial charge in [-0.3, -0.25) is 0 Å². The van der Waals surface area contributed by atoms with Crippen LogP contribution in [0.4, 0.5) is 0 Å². The maximum Gasteiger partial charge on any atom is 0.530 e. The topological polar surface area (TPSA) is 105 Å². The van der Waals surface area contributed by atoms with Gasteiger partial charge in [-0.25, -0.2) is 4.57 Å². The molecule has 0 atom stereocenters. The summed E-state index contributed by atoms with van der Waals surface area (Å²) < 4.78 is 29.1. The summed E-state index contributed by atoms with van der Waals surface area (Å²) in [7, 11) is -6.36. The van der Waals surface area contributed by atoms with Crippen molar-refractivity contribution < 1.29 is 32.8 Å². The SMILES string of the molecule is CCCCCCCCCc1ccccc1OP(Oc1ccccc1CCCCCCCCC)Oc1ccccc1CCCCCCCCC.O=P(O)(O)O. The molecule has 0 saturated carbocycles. The number of hydrogen-bond acceptors (Lipinski definition) is 4. The molecule has 54 heavy (non-hydrogen) atoms. The molecule has 0 aromatic heterocycles. The highest BCUT2D eigenvalue weighted by molar-refractivity contribution is 7.45. The predicted octanol–water partition coefficient (Wildman–Crippen LogP) is 14.4.